The number of benzene rings is 2. The highest BCUT2D eigenvalue weighted by atomic mass is 35.5. The van der Waals surface area contributed by atoms with Gasteiger partial charge in [0.2, 0.25) is 0 Å². The number of ether oxygens (including phenoxy) is 1. The van der Waals surface area contributed by atoms with Crippen LogP contribution >= 0.6 is 11.6 Å². The Morgan fingerprint density at radius 3 is 2.58 bits per heavy atom. The second kappa shape index (κ2) is 9.56. The van der Waals surface area contributed by atoms with E-state index in [4.69, 9.17) is 16.3 Å². The lowest BCUT2D eigenvalue weighted by atomic mass is 10.0. The third-order valence-corrected chi connectivity index (χ3v) is 4.57. The Kier molecular flexibility index (Phi) is 7.43. The molecule has 0 aliphatic rings. The summed E-state index contributed by atoms with van der Waals surface area (Å²) in [6.45, 7) is 11.1. The first kappa shape index (κ1) is 20.2. The summed E-state index contributed by atoms with van der Waals surface area (Å²) in [6, 6.07) is 12.4. The predicted octanol–water partition coefficient (Wildman–Crippen LogP) is 5.63. The summed E-state index contributed by atoms with van der Waals surface area (Å²) in [7, 11) is 1.99. The first-order valence-electron chi connectivity index (χ1n) is 8.69. The van der Waals surface area contributed by atoms with Crippen molar-refractivity contribution in [3.63, 3.8) is 0 Å². The third kappa shape index (κ3) is 5.72. The fourth-order valence-electron chi connectivity index (χ4n) is 2.91. The largest absolute Gasteiger partial charge is 0.367 e. The van der Waals surface area contributed by atoms with Gasteiger partial charge >= 0.3 is 0 Å². The topological polar surface area (TPSA) is 24.8 Å². The van der Waals surface area contributed by atoms with Crippen molar-refractivity contribution in [3.8, 4) is 0 Å². The van der Waals surface area contributed by atoms with Crippen LogP contribution in [0, 0.1) is 20.8 Å². The molecule has 0 aliphatic heterocycles. The second-order valence-electron chi connectivity index (χ2n) is 6.62. The van der Waals surface area contributed by atoms with Gasteiger partial charge in [0.25, 0.3) is 0 Å². The number of rotatable bonds is 8. The SMILES string of the molecule is C=CN=CN(C)CC(OCc1ccc(Cl)cc1C)c1ccc(C)cc1C. The molecular formula is C22H27ClN2O. The first-order valence-corrected chi connectivity index (χ1v) is 9.06. The van der Waals surface area contributed by atoms with E-state index < -0.39 is 0 Å². The number of halogens is 1. The van der Waals surface area contributed by atoms with Crippen LogP contribution in [0.3, 0.4) is 0 Å². The van der Waals surface area contributed by atoms with E-state index >= 15 is 0 Å². The van der Waals surface area contributed by atoms with Crippen molar-refractivity contribution in [2.75, 3.05) is 13.6 Å². The molecule has 0 saturated carbocycles. The Hall–Kier alpha value is -2.10. The van der Waals surface area contributed by atoms with Crippen LogP contribution in [0.5, 0.6) is 0 Å². The van der Waals surface area contributed by atoms with E-state index in [0.717, 1.165) is 16.1 Å². The summed E-state index contributed by atoms with van der Waals surface area (Å²) < 4.78 is 6.33. The standard InChI is InChI=1S/C22H27ClN2O/c1-6-24-15-25(5)13-22(21-10-7-16(2)11-18(21)4)26-14-19-8-9-20(23)12-17(19)3/h6-12,15,22H,1,13-14H2,2-5H3. The van der Waals surface area contributed by atoms with Crippen molar-refractivity contribution in [1.82, 2.24) is 4.90 Å². The molecule has 0 heterocycles. The molecular weight excluding hydrogens is 344 g/mol. The number of hydrogen-bond acceptors (Lipinski definition) is 2. The van der Waals surface area contributed by atoms with Gasteiger partial charge in [-0.15, -0.1) is 0 Å². The average molecular weight is 371 g/mol. The fraction of sp³-hybridized carbons (Fsp3) is 0.318. The van der Waals surface area contributed by atoms with E-state index in [9.17, 15) is 0 Å². The molecule has 0 bridgehead atoms. The van der Waals surface area contributed by atoms with Crippen molar-refractivity contribution in [2.45, 2.75) is 33.5 Å². The number of nitrogens with zero attached hydrogens (tertiary/aromatic N) is 2. The molecule has 0 N–H and O–H groups in total. The molecule has 2 aromatic carbocycles. The molecule has 0 spiro atoms. The van der Waals surface area contributed by atoms with Gasteiger partial charge in [-0.05, 0) is 55.2 Å². The normalized spacial score (nSPS) is 12.3. The number of aryl methyl sites for hydroxylation is 3. The fourth-order valence-corrected chi connectivity index (χ4v) is 3.14. The molecule has 0 fully saturated rings. The zero-order valence-electron chi connectivity index (χ0n) is 16.0. The maximum absolute atomic E-state index is 6.33. The third-order valence-electron chi connectivity index (χ3n) is 4.34. The van der Waals surface area contributed by atoms with Crippen LogP contribution in [-0.4, -0.2) is 24.8 Å². The average Bonchev–Trinajstić information content (AvgIpc) is 2.58. The maximum atomic E-state index is 6.33. The van der Waals surface area contributed by atoms with Crippen molar-refractivity contribution >= 4 is 17.9 Å². The van der Waals surface area contributed by atoms with Gasteiger partial charge in [0.15, 0.2) is 0 Å². The molecule has 138 valence electrons. The van der Waals surface area contributed by atoms with Gasteiger partial charge in [-0.1, -0.05) is 48.0 Å². The minimum absolute atomic E-state index is 0.0630. The lowest BCUT2D eigenvalue weighted by molar-refractivity contribution is 0.0287. The Balaban J connectivity index is 2.21. The van der Waals surface area contributed by atoms with Crippen LogP contribution < -0.4 is 0 Å². The van der Waals surface area contributed by atoms with Gasteiger partial charge in [-0.25, -0.2) is 4.99 Å². The summed E-state index contributed by atoms with van der Waals surface area (Å²) >= 11 is 6.06. The van der Waals surface area contributed by atoms with Crippen LogP contribution in [0.25, 0.3) is 0 Å². The maximum Gasteiger partial charge on any atom is 0.101 e. The molecule has 0 aromatic heterocycles. The lowest BCUT2D eigenvalue weighted by Gasteiger charge is -2.25. The summed E-state index contributed by atoms with van der Waals surface area (Å²) in [5.41, 5.74) is 5.96. The monoisotopic (exact) mass is 370 g/mol. The van der Waals surface area contributed by atoms with Crippen LogP contribution in [0.15, 0.2) is 54.2 Å². The summed E-state index contributed by atoms with van der Waals surface area (Å²) in [5, 5.41) is 0.748. The Bertz CT molecular complexity index is 786. The van der Waals surface area contributed by atoms with E-state index in [0.29, 0.717) is 13.2 Å². The highest BCUT2D eigenvalue weighted by Crippen LogP contribution is 2.25. The van der Waals surface area contributed by atoms with Crippen LogP contribution in [0.1, 0.15) is 33.9 Å². The molecule has 2 rings (SSSR count). The quantitative estimate of drug-likeness (QED) is 0.444. The van der Waals surface area contributed by atoms with Crippen molar-refractivity contribution in [2.24, 2.45) is 4.99 Å². The minimum Gasteiger partial charge on any atom is -0.367 e. The van der Waals surface area contributed by atoms with Crippen LogP contribution in [-0.2, 0) is 11.3 Å². The molecule has 3 nitrogen and oxygen atoms in total. The van der Waals surface area contributed by atoms with Gasteiger partial charge < -0.3 is 9.64 Å². The summed E-state index contributed by atoms with van der Waals surface area (Å²) in [5.74, 6) is 0. The molecule has 0 amide bonds. The molecule has 1 atom stereocenters. The molecule has 1 unspecified atom stereocenters. The smallest absolute Gasteiger partial charge is 0.101 e. The molecule has 4 heteroatoms. The van der Waals surface area contributed by atoms with E-state index in [1.807, 2.05) is 30.1 Å². The predicted molar refractivity (Wildman–Crippen MR) is 111 cm³/mol. The van der Waals surface area contributed by atoms with Gasteiger partial charge in [0, 0.05) is 24.8 Å². The molecule has 0 saturated heterocycles. The lowest BCUT2D eigenvalue weighted by Crippen LogP contribution is -2.25. The zero-order chi connectivity index (χ0) is 19.1. The van der Waals surface area contributed by atoms with Crippen molar-refractivity contribution in [3.05, 3.63) is 82.0 Å². The Morgan fingerprint density at radius 1 is 1.15 bits per heavy atom. The Labute approximate surface area is 162 Å². The highest BCUT2D eigenvalue weighted by molar-refractivity contribution is 6.30. The number of likely N-dealkylation sites (N-methyl/N-ethyl adjacent to an activating group) is 1. The van der Waals surface area contributed by atoms with Gasteiger partial charge in [-0.3, -0.25) is 0 Å². The molecule has 0 aliphatic carbocycles. The number of hydrogen-bond donors (Lipinski definition) is 0. The van der Waals surface area contributed by atoms with Crippen LogP contribution in [0.4, 0.5) is 0 Å². The molecule has 26 heavy (non-hydrogen) atoms. The first-order chi connectivity index (χ1) is 12.4. The molecule has 0 radical (unpaired) electrons. The van der Waals surface area contributed by atoms with E-state index in [1.165, 1.54) is 22.9 Å². The van der Waals surface area contributed by atoms with Crippen molar-refractivity contribution < 1.29 is 4.74 Å². The Morgan fingerprint density at radius 2 is 1.92 bits per heavy atom. The summed E-state index contributed by atoms with van der Waals surface area (Å²) in [4.78, 5) is 6.11. The van der Waals surface area contributed by atoms with Crippen LogP contribution in [0.2, 0.25) is 5.02 Å². The minimum atomic E-state index is -0.0630. The van der Waals surface area contributed by atoms with E-state index in [1.54, 1.807) is 6.34 Å². The van der Waals surface area contributed by atoms with E-state index in [2.05, 4.69) is 50.5 Å². The van der Waals surface area contributed by atoms with Gasteiger partial charge in [-0.2, -0.15) is 0 Å². The van der Waals surface area contributed by atoms with Crippen molar-refractivity contribution in [1.29, 1.82) is 0 Å². The number of aliphatic imine (C=N–C) groups is 1. The summed E-state index contributed by atoms with van der Waals surface area (Å²) in [6.07, 6.45) is 3.23. The van der Waals surface area contributed by atoms with Gasteiger partial charge in [0.1, 0.15) is 6.10 Å². The van der Waals surface area contributed by atoms with Gasteiger partial charge in [0.05, 0.1) is 12.9 Å². The highest BCUT2D eigenvalue weighted by Gasteiger charge is 2.17. The second-order valence-corrected chi connectivity index (χ2v) is 7.05. The zero-order valence-corrected chi connectivity index (χ0v) is 16.8. The molecule has 2 aromatic rings. The van der Waals surface area contributed by atoms with E-state index in [-0.39, 0.29) is 6.10 Å².